The second-order valence-corrected chi connectivity index (χ2v) is 9.76. The van der Waals surface area contributed by atoms with Gasteiger partial charge in [-0.2, -0.15) is 0 Å². The Labute approximate surface area is 198 Å². The number of carbonyl (C=O) groups excluding carboxylic acids is 2. The first kappa shape index (κ1) is 19.4. The molecule has 1 aliphatic carbocycles. The number of rotatable bonds is 9. The van der Waals surface area contributed by atoms with Gasteiger partial charge in [-0.3, -0.25) is 9.59 Å². The third-order valence-electron chi connectivity index (χ3n) is 5.43. The molecule has 2 amide bonds. The smallest absolute Gasteiger partial charge is 0.257 e. The second-order valence-electron chi connectivity index (χ2n) is 8.02. The molecule has 2 aromatic rings. The number of anilines is 1. The van der Waals surface area contributed by atoms with Crippen molar-refractivity contribution in [3.8, 4) is 11.5 Å². The average Bonchev–Trinajstić information content (AvgIpc) is 3.61. The Morgan fingerprint density at radius 1 is 1.30 bits per heavy atom. The maximum atomic E-state index is 13.7. The van der Waals surface area contributed by atoms with Crippen molar-refractivity contribution in [3.05, 3.63) is 53.1 Å². The van der Waals surface area contributed by atoms with E-state index in [1.54, 1.807) is 25.1 Å². The SMILES string of the molecule is [2H]C([2H])([C@]([2H])(c1ccc(OC)c(OCC)c1)N1Cc2cccc(NC(=O)C3CC3)c2C1=O)S(C)(=O)=O. The number of hydrogen-bond donors (Lipinski definition) is 1. The fraction of sp³-hybridized carbons (Fsp3) is 0.417. The number of nitrogens with one attached hydrogen (secondary N) is 1. The topological polar surface area (TPSA) is 102 Å². The lowest BCUT2D eigenvalue weighted by Crippen LogP contribution is -2.34. The first-order chi connectivity index (χ1) is 16.9. The molecular formula is C24H28N2O6S. The molecule has 1 heterocycles. The molecule has 2 aliphatic rings. The molecule has 1 aliphatic heterocycles. The lowest BCUT2D eigenvalue weighted by molar-refractivity contribution is -0.117. The van der Waals surface area contributed by atoms with Crippen molar-refractivity contribution in [1.29, 1.82) is 0 Å². The average molecular weight is 476 g/mol. The van der Waals surface area contributed by atoms with Crippen molar-refractivity contribution in [1.82, 2.24) is 4.90 Å². The van der Waals surface area contributed by atoms with Crippen LogP contribution in [0.2, 0.25) is 0 Å². The van der Waals surface area contributed by atoms with Crippen molar-refractivity contribution in [2.45, 2.75) is 32.3 Å². The summed E-state index contributed by atoms with van der Waals surface area (Å²) < 4.78 is 62.7. The lowest BCUT2D eigenvalue weighted by Gasteiger charge is -2.28. The van der Waals surface area contributed by atoms with Crippen LogP contribution in [0.4, 0.5) is 5.69 Å². The molecule has 4 rings (SSSR count). The Morgan fingerprint density at radius 3 is 2.70 bits per heavy atom. The highest BCUT2D eigenvalue weighted by molar-refractivity contribution is 7.90. The van der Waals surface area contributed by atoms with Crippen LogP contribution in [0.1, 0.15) is 51.4 Å². The molecule has 0 unspecified atom stereocenters. The van der Waals surface area contributed by atoms with Crippen LogP contribution < -0.4 is 14.8 Å². The fourth-order valence-corrected chi connectivity index (χ4v) is 4.34. The molecule has 1 atom stereocenters. The van der Waals surface area contributed by atoms with Gasteiger partial charge in [0.15, 0.2) is 11.5 Å². The predicted molar refractivity (Wildman–Crippen MR) is 124 cm³/mol. The Hall–Kier alpha value is -3.07. The summed E-state index contributed by atoms with van der Waals surface area (Å²) in [4.78, 5) is 27.0. The molecule has 0 spiro atoms. The van der Waals surface area contributed by atoms with Gasteiger partial charge in [0, 0.05) is 21.5 Å². The van der Waals surface area contributed by atoms with Crippen LogP contribution in [-0.4, -0.2) is 50.8 Å². The van der Waals surface area contributed by atoms with Crippen LogP contribution >= 0.6 is 0 Å². The summed E-state index contributed by atoms with van der Waals surface area (Å²) in [6, 6.07) is 6.26. The minimum atomic E-state index is -4.52. The van der Waals surface area contributed by atoms with E-state index in [1.807, 2.05) is 0 Å². The van der Waals surface area contributed by atoms with E-state index < -0.39 is 27.5 Å². The summed E-state index contributed by atoms with van der Waals surface area (Å²) in [5.41, 5.74) is -2.50. The number of benzene rings is 2. The minimum absolute atomic E-state index is 0.105. The summed E-state index contributed by atoms with van der Waals surface area (Å²) in [5.74, 6) is -0.592. The number of amides is 2. The molecule has 1 fully saturated rings. The zero-order valence-electron chi connectivity index (χ0n) is 21.7. The number of nitrogens with zero attached hydrogens (tertiary/aromatic N) is 1. The highest BCUT2D eigenvalue weighted by atomic mass is 32.2. The van der Waals surface area contributed by atoms with Gasteiger partial charge in [0.1, 0.15) is 9.84 Å². The summed E-state index contributed by atoms with van der Waals surface area (Å²) in [5, 5.41) is 2.76. The van der Waals surface area contributed by atoms with Gasteiger partial charge < -0.3 is 19.7 Å². The van der Waals surface area contributed by atoms with Crippen LogP contribution in [0, 0.1) is 5.92 Å². The number of methoxy groups -OCH3 is 1. The van der Waals surface area contributed by atoms with Crippen molar-refractivity contribution in [3.63, 3.8) is 0 Å². The highest BCUT2D eigenvalue weighted by Gasteiger charge is 2.38. The van der Waals surface area contributed by atoms with Crippen molar-refractivity contribution in [2.24, 2.45) is 5.92 Å². The van der Waals surface area contributed by atoms with E-state index in [9.17, 15) is 19.4 Å². The van der Waals surface area contributed by atoms with Crippen LogP contribution in [0.25, 0.3) is 0 Å². The quantitative estimate of drug-likeness (QED) is 0.598. The van der Waals surface area contributed by atoms with E-state index in [4.69, 9.17) is 12.2 Å². The fourth-order valence-electron chi connectivity index (χ4n) is 3.76. The number of hydrogen-bond acceptors (Lipinski definition) is 6. The zero-order valence-corrected chi connectivity index (χ0v) is 19.5. The highest BCUT2D eigenvalue weighted by Crippen LogP contribution is 2.39. The monoisotopic (exact) mass is 475 g/mol. The molecule has 8 nitrogen and oxygen atoms in total. The van der Waals surface area contributed by atoms with E-state index in [0.717, 1.165) is 17.7 Å². The summed E-state index contributed by atoms with van der Waals surface area (Å²) in [6.45, 7) is 1.74. The van der Waals surface area contributed by atoms with Gasteiger partial charge >= 0.3 is 0 Å². The normalized spacial score (nSPS) is 19.1. The van der Waals surface area contributed by atoms with Crippen LogP contribution in [0.15, 0.2) is 36.4 Å². The maximum Gasteiger partial charge on any atom is 0.257 e. The van der Waals surface area contributed by atoms with Gasteiger partial charge in [0.2, 0.25) is 5.91 Å². The van der Waals surface area contributed by atoms with E-state index in [2.05, 4.69) is 5.32 Å². The first-order valence-electron chi connectivity index (χ1n) is 12.1. The lowest BCUT2D eigenvalue weighted by atomic mass is 10.1. The molecule has 2 aromatic carbocycles. The molecule has 1 saturated carbocycles. The Morgan fingerprint density at radius 2 is 2.06 bits per heavy atom. The number of fused-ring (bicyclic) bond motifs is 1. The summed E-state index contributed by atoms with van der Waals surface area (Å²) >= 11 is 0. The third kappa shape index (κ3) is 4.98. The molecule has 0 bridgehead atoms. The van der Waals surface area contributed by atoms with Gasteiger partial charge in [-0.05, 0) is 49.1 Å². The number of sulfone groups is 1. The van der Waals surface area contributed by atoms with E-state index in [1.165, 1.54) is 25.3 Å². The Kier molecular flexibility index (Phi) is 5.32. The molecule has 0 aromatic heterocycles. The van der Waals surface area contributed by atoms with Crippen LogP contribution in [-0.2, 0) is 21.2 Å². The zero-order chi connectivity index (χ0) is 26.5. The predicted octanol–water partition coefficient (Wildman–Crippen LogP) is 3.18. The first-order valence-corrected chi connectivity index (χ1v) is 12.5. The molecular weight excluding hydrogens is 444 g/mol. The largest absolute Gasteiger partial charge is 0.493 e. The van der Waals surface area contributed by atoms with Crippen molar-refractivity contribution >= 4 is 27.3 Å². The van der Waals surface area contributed by atoms with Gasteiger partial charge in [0.05, 0.1) is 38.1 Å². The van der Waals surface area contributed by atoms with Gasteiger partial charge in [-0.15, -0.1) is 0 Å². The standard InChI is InChI=1S/C24H28N2O6S/c1-4-32-21-12-16(10-11-20(21)31-2)19(14-33(3,29)30)26-13-17-6-5-7-18(22(17)24(26)28)25-23(27)15-8-9-15/h5-7,10-12,15,19H,4,8-9,13-14H2,1-3H3,(H,25,27)/t19-/m1/s1/i14D2,19D. The van der Waals surface area contributed by atoms with Crippen LogP contribution in [0.3, 0.4) is 0 Å². The van der Waals surface area contributed by atoms with E-state index in [0.29, 0.717) is 17.6 Å². The molecule has 0 saturated heterocycles. The van der Waals surface area contributed by atoms with E-state index in [-0.39, 0.29) is 47.5 Å². The molecule has 33 heavy (non-hydrogen) atoms. The molecule has 9 heteroatoms. The minimum Gasteiger partial charge on any atom is -0.493 e. The van der Waals surface area contributed by atoms with E-state index >= 15 is 0 Å². The Bertz CT molecular complexity index is 1330. The third-order valence-corrected chi connectivity index (χ3v) is 6.00. The van der Waals surface area contributed by atoms with Gasteiger partial charge in [-0.1, -0.05) is 18.2 Å². The number of carbonyl (C=O) groups is 2. The molecule has 176 valence electrons. The van der Waals surface area contributed by atoms with Crippen molar-refractivity contribution < 1.29 is 31.6 Å². The maximum absolute atomic E-state index is 13.7. The second kappa shape index (κ2) is 9.05. The molecule has 1 N–H and O–H groups in total. The molecule has 0 radical (unpaired) electrons. The van der Waals surface area contributed by atoms with Gasteiger partial charge in [0.25, 0.3) is 5.91 Å². The van der Waals surface area contributed by atoms with Crippen molar-refractivity contribution in [2.75, 3.05) is 31.0 Å². The summed E-state index contributed by atoms with van der Waals surface area (Å²) in [6.07, 6.45) is 2.23. The van der Waals surface area contributed by atoms with Crippen LogP contribution in [0.5, 0.6) is 11.5 Å². The Balaban J connectivity index is 1.86. The number of ether oxygens (including phenoxy) is 2. The summed E-state index contributed by atoms with van der Waals surface area (Å²) in [7, 11) is -3.10. The van der Waals surface area contributed by atoms with Gasteiger partial charge in [-0.25, -0.2) is 8.42 Å².